The van der Waals surface area contributed by atoms with Crippen LogP contribution >= 0.6 is 0 Å². The molecule has 0 atom stereocenters. The van der Waals surface area contributed by atoms with Gasteiger partial charge in [0, 0.05) is 18.4 Å². The molecule has 4 aromatic rings. The Kier molecular flexibility index (Phi) is 18.1. The number of amides is 1. The highest BCUT2D eigenvalue weighted by Crippen LogP contribution is 2.29. The summed E-state index contributed by atoms with van der Waals surface area (Å²) in [5.41, 5.74) is 4.44. The molecular weight excluding hydrogens is 708 g/mol. The Morgan fingerprint density at radius 2 is 1.33 bits per heavy atom. The number of benzene rings is 4. The molecule has 9 nitrogen and oxygen atoms in total. The van der Waals surface area contributed by atoms with Crippen molar-refractivity contribution in [3.05, 3.63) is 119 Å². The van der Waals surface area contributed by atoms with Gasteiger partial charge in [0.25, 0.3) is 5.91 Å². The van der Waals surface area contributed by atoms with Crippen LogP contribution in [0.5, 0.6) is 11.5 Å². The number of carbonyl (C=O) groups excluding carboxylic acids is 3. The van der Waals surface area contributed by atoms with Gasteiger partial charge in [0.1, 0.15) is 11.5 Å². The average Bonchev–Trinajstić information content (AvgIpc) is 3.19. The summed E-state index contributed by atoms with van der Waals surface area (Å²) >= 11 is 0. The van der Waals surface area contributed by atoms with Gasteiger partial charge in [-0.3, -0.25) is 14.4 Å². The molecule has 0 aliphatic heterocycles. The van der Waals surface area contributed by atoms with Crippen molar-refractivity contribution in [2.24, 2.45) is 0 Å². The van der Waals surface area contributed by atoms with E-state index in [2.05, 4.69) is 10.9 Å². The van der Waals surface area contributed by atoms with E-state index < -0.39 is 12.5 Å². The zero-order valence-electron chi connectivity index (χ0n) is 31.7. The maximum absolute atomic E-state index is 13.6. The number of hydroxylamine groups is 2. The Morgan fingerprint density at radius 3 is 2.04 bits per heavy atom. The highest BCUT2D eigenvalue weighted by atomic mass is 19.3. The first-order valence-electron chi connectivity index (χ1n) is 19.0. The van der Waals surface area contributed by atoms with Crippen LogP contribution in [-0.4, -0.2) is 55.9 Å². The summed E-state index contributed by atoms with van der Waals surface area (Å²) in [5, 5.41) is 0.685. The van der Waals surface area contributed by atoms with Crippen LogP contribution in [0.15, 0.2) is 97.1 Å². The molecule has 11 heteroatoms. The fourth-order valence-corrected chi connectivity index (χ4v) is 6.07. The van der Waals surface area contributed by atoms with Gasteiger partial charge in [-0.05, 0) is 98.0 Å². The number of aryl methyl sites for hydroxylation is 1. The molecule has 0 fully saturated rings. The Morgan fingerprint density at radius 1 is 0.655 bits per heavy atom. The molecule has 0 radical (unpaired) electrons. The first-order chi connectivity index (χ1) is 26.8. The minimum atomic E-state index is -3.18. The molecular formula is C44H51F2NO8. The molecule has 0 aliphatic rings. The first kappa shape index (κ1) is 42.5. The van der Waals surface area contributed by atoms with Crippen molar-refractivity contribution in [1.29, 1.82) is 0 Å². The average molecular weight is 760 g/mol. The zero-order chi connectivity index (χ0) is 39.3. The Hall–Kier alpha value is -5.29. The van der Waals surface area contributed by atoms with Crippen LogP contribution < -0.4 is 9.47 Å². The Balaban J connectivity index is 1.36. The van der Waals surface area contributed by atoms with Crippen LogP contribution in [0.1, 0.15) is 85.8 Å². The molecule has 0 saturated heterocycles. The first-order valence-corrected chi connectivity index (χ1v) is 19.0. The number of alkyl halides is 2. The van der Waals surface area contributed by atoms with E-state index in [9.17, 15) is 23.2 Å². The lowest BCUT2D eigenvalue weighted by Crippen LogP contribution is -2.32. The molecule has 294 valence electrons. The van der Waals surface area contributed by atoms with Crippen LogP contribution in [0.4, 0.5) is 8.78 Å². The second-order valence-corrected chi connectivity index (χ2v) is 12.8. The fourth-order valence-electron chi connectivity index (χ4n) is 6.07. The van der Waals surface area contributed by atoms with Gasteiger partial charge in [0.2, 0.25) is 0 Å². The summed E-state index contributed by atoms with van der Waals surface area (Å²) < 4.78 is 49.2. The monoisotopic (exact) mass is 759 g/mol. The number of nitrogens with zero attached hydrogens (tertiary/aromatic N) is 1. The van der Waals surface area contributed by atoms with E-state index >= 15 is 0 Å². The van der Waals surface area contributed by atoms with Gasteiger partial charge in [-0.1, -0.05) is 85.6 Å². The van der Waals surface area contributed by atoms with Crippen molar-refractivity contribution in [2.75, 3.05) is 26.4 Å². The fraction of sp³-hybridized carbons (Fsp3) is 0.386. The number of esters is 2. The smallest absolute Gasteiger partial charge is 0.365 e. The van der Waals surface area contributed by atoms with Crippen molar-refractivity contribution < 1.29 is 46.9 Å². The van der Waals surface area contributed by atoms with Crippen molar-refractivity contribution in [2.45, 2.75) is 84.8 Å². The molecule has 1 amide bonds. The molecule has 0 saturated carbocycles. The number of hydrogen-bond acceptors (Lipinski definition) is 8. The highest BCUT2D eigenvalue weighted by Gasteiger charge is 2.23. The minimum absolute atomic E-state index is 0.156. The van der Waals surface area contributed by atoms with Gasteiger partial charge in [-0.25, -0.2) is 9.90 Å². The van der Waals surface area contributed by atoms with E-state index in [1.54, 1.807) is 56.3 Å². The zero-order valence-corrected chi connectivity index (χ0v) is 31.7. The summed E-state index contributed by atoms with van der Waals surface area (Å²) in [6.07, 6.45) is 5.80. The lowest BCUT2D eigenvalue weighted by atomic mass is 9.96. The predicted octanol–water partition coefficient (Wildman–Crippen LogP) is 9.55. The number of ether oxygens (including phenoxy) is 4. The Labute approximate surface area is 322 Å². The van der Waals surface area contributed by atoms with Crippen molar-refractivity contribution in [1.82, 2.24) is 5.06 Å². The topological polar surface area (TPSA) is 101 Å². The number of unbranched alkanes of at least 4 members (excludes halogenated alkanes) is 3. The third kappa shape index (κ3) is 14.8. The maximum atomic E-state index is 13.6. The summed E-state index contributed by atoms with van der Waals surface area (Å²) in [6.45, 7) is 1.64. The number of carbonyl (C=O) groups is 3. The van der Waals surface area contributed by atoms with Crippen LogP contribution in [-0.2, 0) is 43.3 Å². The van der Waals surface area contributed by atoms with Gasteiger partial charge in [-0.15, -0.1) is 0 Å². The van der Waals surface area contributed by atoms with Gasteiger partial charge in [0.05, 0.1) is 33.0 Å². The van der Waals surface area contributed by atoms with E-state index in [0.717, 1.165) is 48.8 Å². The molecule has 4 rings (SSSR count). The molecule has 0 bridgehead atoms. The molecule has 55 heavy (non-hydrogen) atoms. The summed E-state index contributed by atoms with van der Waals surface area (Å²) in [5.74, 6) is -0.0656. The largest absolute Gasteiger partial charge is 0.494 e. The second-order valence-electron chi connectivity index (χ2n) is 12.8. The molecule has 0 unspecified atom stereocenters. The number of hydrogen-bond donors (Lipinski definition) is 0. The molecule has 0 aromatic heterocycles. The quantitative estimate of drug-likeness (QED) is 0.0396. The standard InChI is InChI=1S/C44H51F2NO8/c1-3-51-41(48)24-16-28-54-40-23-15-22-35(39(40)25-26-42(49)52-4-2)21-11-5-6-14-27-53-38-30-36(34-19-12-8-13-20-34)29-37(31-38)43(50)47(55-44(45)46)32-33-17-9-7-10-18-33/h7-10,12-13,15,17-20,22-23,29-31,44H,3-6,11,14,16,21,24-28,32H2,1-2H3. The van der Waals surface area contributed by atoms with Crippen molar-refractivity contribution in [3.63, 3.8) is 0 Å². The van der Waals surface area contributed by atoms with Crippen molar-refractivity contribution >= 4 is 17.8 Å². The van der Waals surface area contributed by atoms with Crippen LogP contribution in [0.3, 0.4) is 0 Å². The van der Waals surface area contributed by atoms with E-state index in [0.29, 0.717) is 67.0 Å². The van der Waals surface area contributed by atoms with E-state index in [4.69, 9.17) is 18.9 Å². The van der Waals surface area contributed by atoms with E-state index in [-0.39, 0.29) is 36.9 Å². The number of rotatable bonds is 24. The molecule has 0 spiro atoms. The van der Waals surface area contributed by atoms with Crippen molar-refractivity contribution in [3.8, 4) is 22.6 Å². The van der Waals surface area contributed by atoms with Crippen LogP contribution in [0.2, 0.25) is 0 Å². The molecule has 0 aliphatic carbocycles. The van der Waals surface area contributed by atoms with Gasteiger partial charge in [-0.2, -0.15) is 8.78 Å². The lowest BCUT2D eigenvalue weighted by Gasteiger charge is -2.22. The van der Waals surface area contributed by atoms with Gasteiger partial charge >= 0.3 is 18.6 Å². The van der Waals surface area contributed by atoms with E-state index in [1.807, 2.05) is 48.5 Å². The minimum Gasteiger partial charge on any atom is -0.494 e. The van der Waals surface area contributed by atoms with E-state index in [1.165, 1.54) is 0 Å². The Bertz CT molecular complexity index is 1770. The van der Waals surface area contributed by atoms with Gasteiger partial charge < -0.3 is 18.9 Å². The molecule has 0 heterocycles. The third-order valence-corrected chi connectivity index (χ3v) is 8.67. The third-order valence-electron chi connectivity index (χ3n) is 8.67. The SMILES string of the molecule is CCOC(=O)CCCOc1cccc(CCCCCCOc2cc(C(=O)N(Cc3ccccc3)OC(F)F)cc(-c3ccccc3)c2)c1CCC(=O)OCC. The summed E-state index contributed by atoms with van der Waals surface area (Å²) in [4.78, 5) is 42.2. The summed E-state index contributed by atoms with van der Waals surface area (Å²) in [7, 11) is 0. The highest BCUT2D eigenvalue weighted by molar-refractivity contribution is 5.95. The predicted molar refractivity (Wildman–Crippen MR) is 206 cm³/mol. The maximum Gasteiger partial charge on any atom is 0.365 e. The summed E-state index contributed by atoms with van der Waals surface area (Å²) in [6, 6.07) is 29.2. The normalized spacial score (nSPS) is 10.9. The molecule has 0 N–H and O–H groups in total. The lowest BCUT2D eigenvalue weighted by molar-refractivity contribution is -0.261. The molecule has 4 aromatic carbocycles. The van der Waals surface area contributed by atoms with Crippen LogP contribution in [0, 0.1) is 0 Å². The van der Waals surface area contributed by atoms with Gasteiger partial charge in [0.15, 0.2) is 0 Å². The number of halogens is 2. The second kappa shape index (κ2) is 23.5. The van der Waals surface area contributed by atoms with Crippen LogP contribution in [0.25, 0.3) is 11.1 Å².